The van der Waals surface area contributed by atoms with Crippen molar-refractivity contribution >= 4 is 0 Å². The lowest BCUT2D eigenvalue weighted by Crippen LogP contribution is -2.39. The highest BCUT2D eigenvalue weighted by Crippen LogP contribution is 2.36. The van der Waals surface area contributed by atoms with E-state index in [2.05, 4.69) is 27.5 Å². The van der Waals surface area contributed by atoms with Crippen LogP contribution >= 0.6 is 0 Å². The first kappa shape index (κ1) is 12.3. The molecular weight excluding hydrogens is 242 g/mol. The number of piperidine rings is 1. The fourth-order valence-corrected chi connectivity index (χ4v) is 2.72. The molecule has 1 aliphatic rings. The van der Waals surface area contributed by atoms with Gasteiger partial charge in [0.2, 0.25) is 11.7 Å². The Morgan fingerprint density at radius 3 is 2.84 bits per heavy atom. The van der Waals surface area contributed by atoms with Crippen LogP contribution in [0.2, 0.25) is 0 Å². The second kappa shape index (κ2) is 4.77. The van der Waals surface area contributed by atoms with E-state index in [9.17, 15) is 0 Å². The largest absolute Gasteiger partial charge is 0.338 e. The summed E-state index contributed by atoms with van der Waals surface area (Å²) in [5.41, 5.74) is 0.941. The maximum atomic E-state index is 5.54. The highest BCUT2D eigenvalue weighted by atomic mass is 16.5. The minimum Gasteiger partial charge on any atom is -0.338 e. The number of nitrogens with zero attached hydrogens (tertiary/aromatic N) is 4. The lowest BCUT2D eigenvalue weighted by molar-refractivity contribution is 0.216. The van der Waals surface area contributed by atoms with Gasteiger partial charge < -0.3 is 9.84 Å². The monoisotopic (exact) mass is 261 g/mol. The van der Waals surface area contributed by atoms with Gasteiger partial charge in [0.1, 0.15) is 0 Å². The molecule has 0 atom stereocenters. The Hall–Kier alpha value is -1.69. The summed E-state index contributed by atoms with van der Waals surface area (Å²) in [6, 6.07) is 0. The topological polar surface area (TPSA) is 68.8 Å². The Bertz CT molecular complexity index is 553. The maximum absolute atomic E-state index is 5.54. The number of nitrogens with one attached hydrogen (secondary N) is 1. The van der Waals surface area contributed by atoms with E-state index in [0.29, 0.717) is 5.82 Å². The third-order valence-corrected chi connectivity index (χ3v) is 4.08. The first-order valence-corrected chi connectivity index (χ1v) is 6.77. The molecule has 0 bridgehead atoms. The molecular formula is C13H19N5O. The lowest BCUT2D eigenvalue weighted by Gasteiger charge is -2.33. The Labute approximate surface area is 112 Å². The van der Waals surface area contributed by atoms with Crippen LogP contribution in [-0.4, -0.2) is 33.0 Å². The number of aryl methyl sites for hydroxylation is 1. The van der Waals surface area contributed by atoms with Crippen LogP contribution in [0.4, 0.5) is 0 Å². The van der Waals surface area contributed by atoms with Gasteiger partial charge in [0, 0.05) is 13.2 Å². The molecule has 0 unspecified atom stereocenters. The molecule has 6 heteroatoms. The average Bonchev–Trinajstić information content (AvgIpc) is 3.08. The summed E-state index contributed by atoms with van der Waals surface area (Å²) in [4.78, 5) is 4.60. The first-order chi connectivity index (χ1) is 9.23. The van der Waals surface area contributed by atoms with E-state index < -0.39 is 0 Å². The molecule has 1 N–H and O–H groups in total. The van der Waals surface area contributed by atoms with E-state index >= 15 is 0 Å². The van der Waals surface area contributed by atoms with Gasteiger partial charge in [-0.05, 0) is 32.4 Å². The van der Waals surface area contributed by atoms with Gasteiger partial charge in [-0.3, -0.25) is 4.68 Å². The molecule has 1 fully saturated rings. The van der Waals surface area contributed by atoms with Gasteiger partial charge in [0.25, 0.3) is 0 Å². The predicted octanol–water partition coefficient (Wildman–Crippen LogP) is 1.50. The third-order valence-electron chi connectivity index (χ3n) is 4.08. The molecule has 1 aliphatic heterocycles. The molecule has 1 saturated heterocycles. The summed E-state index contributed by atoms with van der Waals surface area (Å²) in [5.74, 6) is 1.41. The average molecular weight is 261 g/mol. The van der Waals surface area contributed by atoms with Crippen LogP contribution < -0.4 is 5.32 Å². The van der Waals surface area contributed by atoms with Gasteiger partial charge in [-0.2, -0.15) is 10.1 Å². The smallest absolute Gasteiger partial charge is 0.233 e. The van der Waals surface area contributed by atoms with Crippen molar-refractivity contribution in [2.24, 2.45) is 7.05 Å². The fraction of sp³-hybridized carbons (Fsp3) is 0.615. The van der Waals surface area contributed by atoms with E-state index in [1.54, 1.807) is 10.9 Å². The summed E-state index contributed by atoms with van der Waals surface area (Å²) in [7, 11) is 1.88. The van der Waals surface area contributed by atoms with Crippen molar-refractivity contribution in [2.45, 2.75) is 31.6 Å². The van der Waals surface area contributed by atoms with Crippen molar-refractivity contribution in [3.05, 3.63) is 18.3 Å². The van der Waals surface area contributed by atoms with Crippen LogP contribution in [0.15, 0.2) is 16.9 Å². The number of aromatic nitrogens is 4. The minimum atomic E-state index is 0.0404. The zero-order valence-corrected chi connectivity index (χ0v) is 11.4. The lowest BCUT2D eigenvalue weighted by atomic mass is 9.76. The normalized spacial score (nSPS) is 18.6. The zero-order valence-electron chi connectivity index (χ0n) is 11.4. The summed E-state index contributed by atoms with van der Waals surface area (Å²) in [6.07, 6.45) is 6.80. The Morgan fingerprint density at radius 2 is 2.21 bits per heavy atom. The third kappa shape index (κ3) is 2.16. The molecule has 19 heavy (non-hydrogen) atoms. The van der Waals surface area contributed by atoms with Crippen LogP contribution in [0, 0.1) is 0 Å². The second-order valence-corrected chi connectivity index (χ2v) is 5.21. The van der Waals surface area contributed by atoms with E-state index in [1.165, 1.54) is 0 Å². The molecule has 2 aromatic rings. The summed E-state index contributed by atoms with van der Waals surface area (Å²) < 4.78 is 7.28. The number of hydrogen-bond donors (Lipinski definition) is 1. The summed E-state index contributed by atoms with van der Waals surface area (Å²) in [5, 5.41) is 11.6. The van der Waals surface area contributed by atoms with Crippen LogP contribution in [-0.2, 0) is 12.5 Å². The van der Waals surface area contributed by atoms with Gasteiger partial charge >= 0.3 is 0 Å². The van der Waals surface area contributed by atoms with Crippen molar-refractivity contribution < 1.29 is 4.52 Å². The highest BCUT2D eigenvalue weighted by molar-refractivity contribution is 5.51. The van der Waals surface area contributed by atoms with E-state index in [1.807, 2.05) is 13.2 Å². The molecule has 2 aromatic heterocycles. The molecule has 3 rings (SSSR count). The van der Waals surface area contributed by atoms with Crippen LogP contribution in [0.5, 0.6) is 0 Å². The molecule has 0 aromatic carbocycles. The van der Waals surface area contributed by atoms with Crippen LogP contribution in [0.1, 0.15) is 32.1 Å². The Morgan fingerprint density at radius 1 is 1.42 bits per heavy atom. The molecule has 0 saturated carbocycles. The molecule has 0 aliphatic carbocycles. The van der Waals surface area contributed by atoms with E-state index in [4.69, 9.17) is 4.52 Å². The van der Waals surface area contributed by atoms with Gasteiger partial charge in [-0.1, -0.05) is 12.1 Å². The molecule has 0 radical (unpaired) electrons. The molecule has 3 heterocycles. The SMILES string of the molecule is CCC1(c2nc(-c3cnn(C)c3)no2)CCNCC1. The van der Waals surface area contributed by atoms with Crippen LogP contribution in [0.25, 0.3) is 11.4 Å². The molecule has 6 nitrogen and oxygen atoms in total. The molecule has 102 valence electrons. The van der Waals surface area contributed by atoms with Crippen molar-refractivity contribution in [1.29, 1.82) is 0 Å². The number of rotatable bonds is 3. The maximum Gasteiger partial charge on any atom is 0.233 e. The van der Waals surface area contributed by atoms with Crippen LogP contribution in [0.3, 0.4) is 0 Å². The Kier molecular flexibility index (Phi) is 3.10. The Balaban J connectivity index is 1.91. The van der Waals surface area contributed by atoms with E-state index in [0.717, 1.165) is 43.8 Å². The van der Waals surface area contributed by atoms with E-state index in [-0.39, 0.29) is 5.41 Å². The standard InChI is InChI=1S/C13H19N5O/c1-3-13(4-6-14-7-5-13)12-16-11(17-19-12)10-8-15-18(2)9-10/h8-9,14H,3-7H2,1-2H3. The van der Waals surface area contributed by atoms with Crippen molar-refractivity contribution in [2.75, 3.05) is 13.1 Å². The zero-order chi connectivity index (χ0) is 13.3. The van der Waals surface area contributed by atoms with Crippen molar-refractivity contribution in [1.82, 2.24) is 25.2 Å². The quantitative estimate of drug-likeness (QED) is 0.906. The summed E-state index contributed by atoms with van der Waals surface area (Å²) >= 11 is 0. The van der Waals surface area contributed by atoms with Crippen molar-refractivity contribution in [3.8, 4) is 11.4 Å². The predicted molar refractivity (Wildman–Crippen MR) is 70.6 cm³/mol. The first-order valence-electron chi connectivity index (χ1n) is 6.77. The van der Waals surface area contributed by atoms with Gasteiger partial charge in [0.15, 0.2) is 0 Å². The molecule has 0 amide bonds. The molecule has 0 spiro atoms. The minimum absolute atomic E-state index is 0.0404. The van der Waals surface area contributed by atoms with Crippen molar-refractivity contribution in [3.63, 3.8) is 0 Å². The summed E-state index contributed by atoms with van der Waals surface area (Å²) in [6.45, 7) is 4.22. The van der Waals surface area contributed by atoms with Gasteiger partial charge in [-0.25, -0.2) is 0 Å². The second-order valence-electron chi connectivity index (χ2n) is 5.21. The van der Waals surface area contributed by atoms with Gasteiger partial charge in [0.05, 0.1) is 17.2 Å². The highest BCUT2D eigenvalue weighted by Gasteiger charge is 2.37. The number of hydrogen-bond acceptors (Lipinski definition) is 5. The van der Waals surface area contributed by atoms with Gasteiger partial charge in [-0.15, -0.1) is 0 Å². The fourth-order valence-electron chi connectivity index (χ4n) is 2.72.